The highest BCUT2D eigenvalue weighted by Gasteiger charge is 2.26. The van der Waals surface area contributed by atoms with E-state index >= 15 is 0 Å². The van der Waals surface area contributed by atoms with Crippen LogP contribution in [0.2, 0.25) is 0 Å². The molecule has 98 valence electrons. The SMILES string of the molecule is CCCC(C)(CO)CN(CCO)CC(F)F. The fraction of sp³-hybridized carbons (Fsp3) is 1.00. The average molecular weight is 239 g/mol. The molecule has 0 aliphatic carbocycles. The molecule has 2 N–H and O–H groups in total. The van der Waals surface area contributed by atoms with Gasteiger partial charge in [-0.25, -0.2) is 8.78 Å². The Bertz CT molecular complexity index is 181. The fourth-order valence-electron chi connectivity index (χ4n) is 1.92. The van der Waals surface area contributed by atoms with Crippen molar-refractivity contribution >= 4 is 0 Å². The maximum absolute atomic E-state index is 12.3. The summed E-state index contributed by atoms with van der Waals surface area (Å²) in [6, 6.07) is 0. The van der Waals surface area contributed by atoms with E-state index in [1.807, 2.05) is 13.8 Å². The summed E-state index contributed by atoms with van der Waals surface area (Å²) < 4.78 is 24.6. The molecule has 0 saturated carbocycles. The van der Waals surface area contributed by atoms with Crippen LogP contribution in [0.1, 0.15) is 26.7 Å². The third kappa shape index (κ3) is 6.35. The summed E-state index contributed by atoms with van der Waals surface area (Å²) in [7, 11) is 0. The van der Waals surface area contributed by atoms with Crippen LogP contribution in [0.15, 0.2) is 0 Å². The Morgan fingerprint density at radius 1 is 1.31 bits per heavy atom. The second kappa shape index (κ2) is 7.92. The highest BCUT2D eigenvalue weighted by atomic mass is 19.3. The quantitative estimate of drug-likeness (QED) is 0.638. The summed E-state index contributed by atoms with van der Waals surface area (Å²) >= 11 is 0. The zero-order chi connectivity index (χ0) is 12.6. The predicted molar refractivity (Wildman–Crippen MR) is 59.6 cm³/mol. The molecule has 0 rings (SSSR count). The number of rotatable bonds is 9. The lowest BCUT2D eigenvalue weighted by Crippen LogP contribution is -2.41. The molecule has 0 aliphatic rings. The summed E-state index contributed by atoms with van der Waals surface area (Å²) in [5, 5.41) is 18.1. The highest BCUT2D eigenvalue weighted by Crippen LogP contribution is 2.24. The molecule has 3 nitrogen and oxygen atoms in total. The van der Waals surface area contributed by atoms with E-state index in [-0.39, 0.29) is 31.7 Å². The van der Waals surface area contributed by atoms with Crippen LogP contribution in [0.3, 0.4) is 0 Å². The second-order valence-corrected chi connectivity index (χ2v) is 4.57. The van der Waals surface area contributed by atoms with Crippen LogP contribution < -0.4 is 0 Å². The van der Waals surface area contributed by atoms with E-state index in [1.165, 1.54) is 4.90 Å². The predicted octanol–water partition coefficient (Wildman–Crippen LogP) is 1.34. The molecule has 0 fully saturated rings. The van der Waals surface area contributed by atoms with Gasteiger partial charge in [0, 0.05) is 25.1 Å². The van der Waals surface area contributed by atoms with Crippen molar-refractivity contribution in [3.63, 3.8) is 0 Å². The van der Waals surface area contributed by atoms with Crippen LogP contribution in [-0.4, -0.2) is 54.4 Å². The Kier molecular flexibility index (Phi) is 7.80. The Balaban J connectivity index is 4.32. The summed E-state index contributed by atoms with van der Waals surface area (Å²) in [5.41, 5.74) is -0.362. The minimum atomic E-state index is -2.41. The second-order valence-electron chi connectivity index (χ2n) is 4.57. The first kappa shape index (κ1) is 15.7. The highest BCUT2D eigenvalue weighted by molar-refractivity contribution is 4.78. The van der Waals surface area contributed by atoms with Crippen LogP contribution >= 0.6 is 0 Å². The van der Waals surface area contributed by atoms with Gasteiger partial charge in [0.25, 0.3) is 6.43 Å². The lowest BCUT2D eigenvalue weighted by molar-refractivity contribution is 0.0312. The lowest BCUT2D eigenvalue weighted by atomic mass is 9.86. The maximum atomic E-state index is 12.3. The standard InChI is InChI=1S/C11H23F2NO2/c1-3-4-11(2,9-16)8-14(5-6-15)7-10(12)13/h10,15-16H,3-9H2,1-2H3. The molecule has 0 bridgehead atoms. The van der Waals surface area contributed by atoms with Crippen molar-refractivity contribution in [3.05, 3.63) is 0 Å². The molecule has 0 heterocycles. The van der Waals surface area contributed by atoms with E-state index in [2.05, 4.69) is 0 Å². The molecule has 0 aromatic carbocycles. The average Bonchev–Trinajstić information content (AvgIpc) is 2.17. The number of aliphatic hydroxyl groups excluding tert-OH is 2. The van der Waals surface area contributed by atoms with E-state index < -0.39 is 6.43 Å². The van der Waals surface area contributed by atoms with Crippen molar-refractivity contribution in [1.29, 1.82) is 0 Å². The van der Waals surface area contributed by atoms with Crippen LogP contribution in [0.5, 0.6) is 0 Å². The van der Waals surface area contributed by atoms with E-state index in [4.69, 9.17) is 5.11 Å². The zero-order valence-electron chi connectivity index (χ0n) is 10.1. The van der Waals surface area contributed by atoms with E-state index in [1.54, 1.807) is 0 Å². The van der Waals surface area contributed by atoms with Gasteiger partial charge in [0.1, 0.15) is 0 Å². The summed E-state index contributed by atoms with van der Waals surface area (Å²) in [6.07, 6.45) is -0.719. The number of nitrogens with zero attached hydrogens (tertiary/aromatic N) is 1. The Hall–Kier alpha value is -0.260. The van der Waals surface area contributed by atoms with E-state index in [0.717, 1.165) is 12.8 Å². The molecule has 5 heteroatoms. The molecule has 0 aliphatic heterocycles. The first-order valence-corrected chi connectivity index (χ1v) is 5.69. The Labute approximate surface area is 96.1 Å². The van der Waals surface area contributed by atoms with Crippen LogP contribution in [-0.2, 0) is 0 Å². The van der Waals surface area contributed by atoms with Crippen molar-refractivity contribution in [1.82, 2.24) is 4.90 Å². The Morgan fingerprint density at radius 2 is 1.94 bits per heavy atom. The Morgan fingerprint density at radius 3 is 2.31 bits per heavy atom. The van der Waals surface area contributed by atoms with Crippen LogP contribution in [0.25, 0.3) is 0 Å². The van der Waals surface area contributed by atoms with Gasteiger partial charge in [-0.15, -0.1) is 0 Å². The number of alkyl halides is 2. The summed E-state index contributed by atoms with van der Waals surface area (Å²) in [5.74, 6) is 0. The smallest absolute Gasteiger partial charge is 0.251 e. The lowest BCUT2D eigenvalue weighted by Gasteiger charge is -2.33. The van der Waals surface area contributed by atoms with E-state index in [9.17, 15) is 13.9 Å². The fourth-order valence-corrected chi connectivity index (χ4v) is 1.92. The molecule has 0 spiro atoms. The van der Waals surface area contributed by atoms with Crippen molar-refractivity contribution in [3.8, 4) is 0 Å². The largest absolute Gasteiger partial charge is 0.396 e. The molecular weight excluding hydrogens is 216 g/mol. The minimum absolute atomic E-state index is 0.0218. The summed E-state index contributed by atoms with van der Waals surface area (Å²) in [6.45, 7) is 3.99. The summed E-state index contributed by atoms with van der Waals surface area (Å²) in [4.78, 5) is 1.51. The van der Waals surface area contributed by atoms with Crippen molar-refractivity contribution in [2.45, 2.75) is 33.1 Å². The number of hydrogen-bond acceptors (Lipinski definition) is 3. The van der Waals surface area contributed by atoms with Gasteiger partial charge in [0.05, 0.1) is 13.2 Å². The van der Waals surface area contributed by atoms with Gasteiger partial charge in [-0.3, -0.25) is 4.90 Å². The normalized spacial score (nSPS) is 15.8. The van der Waals surface area contributed by atoms with Gasteiger partial charge in [-0.2, -0.15) is 0 Å². The van der Waals surface area contributed by atoms with Gasteiger partial charge in [0.2, 0.25) is 0 Å². The zero-order valence-corrected chi connectivity index (χ0v) is 10.1. The molecule has 1 atom stereocenters. The van der Waals surface area contributed by atoms with Gasteiger partial charge >= 0.3 is 0 Å². The minimum Gasteiger partial charge on any atom is -0.396 e. The van der Waals surface area contributed by atoms with Gasteiger partial charge in [-0.05, 0) is 6.42 Å². The van der Waals surface area contributed by atoms with Crippen molar-refractivity contribution in [2.24, 2.45) is 5.41 Å². The van der Waals surface area contributed by atoms with Gasteiger partial charge in [0.15, 0.2) is 0 Å². The molecule has 0 amide bonds. The van der Waals surface area contributed by atoms with Gasteiger partial charge < -0.3 is 10.2 Å². The molecule has 0 aromatic heterocycles. The van der Waals surface area contributed by atoms with Crippen LogP contribution in [0, 0.1) is 5.41 Å². The number of hydrogen-bond donors (Lipinski definition) is 2. The number of halogens is 2. The van der Waals surface area contributed by atoms with Crippen molar-refractivity contribution < 1.29 is 19.0 Å². The van der Waals surface area contributed by atoms with E-state index in [0.29, 0.717) is 6.54 Å². The monoisotopic (exact) mass is 239 g/mol. The molecular formula is C11H23F2NO2. The third-order valence-electron chi connectivity index (χ3n) is 2.65. The first-order chi connectivity index (χ1) is 7.47. The maximum Gasteiger partial charge on any atom is 0.251 e. The molecule has 0 radical (unpaired) electrons. The molecule has 0 aromatic rings. The topological polar surface area (TPSA) is 43.7 Å². The first-order valence-electron chi connectivity index (χ1n) is 5.69. The molecule has 16 heavy (non-hydrogen) atoms. The third-order valence-corrected chi connectivity index (χ3v) is 2.65. The van der Waals surface area contributed by atoms with Crippen molar-refractivity contribution in [2.75, 3.05) is 32.8 Å². The molecule has 0 saturated heterocycles. The van der Waals surface area contributed by atoms with Crippen LogP contribution in [0.4, 0.5) is 8.78 Å². The number of aliphatic hydroxyl groups is 2. The van der Waals surface area contributed by atoms with Gasteiger partial charge in [-0.1, -0.05) is 20.3 Å². The molecule has 1 unspecified atom stereocenters.